The van der Waals surface area contributed by atoms with E-state index in [1.807, 2.05) is 0 Å². The van der Waals surface area contributed by atoms with Crippen molar-refractivity contribution in [2.75, 3.05) is 13.2 Å². The quantitative estimate of drug-likeness (QED) is 0.696. The highest BCUT2D eigenvalue weighted by molar-refractivity contribution is 6.00. The Labute approximate surface area is 88.8 Å². The normalized spacial score (nSPS) is 14.7. The van der Waals surface area contributed by atoms with Gasteiger partial charge >= 0.3 is 6.18 Å². The maximum absolute atomic E-state index is 12.1. The van der Waals surface area contributed by atoms with Crippen molar-refractivity contribution in [1.29, 1.82) is 0 Å². The molecule has 1 aliphatic heterocycles. The monoisotopic (exact) mass is 232 g/mol. The second-order valence-electron chi connectivity index (χ2n) is 3.19. The zero-order valence-corrected chi connectivity index (χ0v) is 8.00. The number of hydrogen-bond acceptors (Lipinski definition) is 3. The van der Waals surface area contributed by atoms with Crippen LogP contribution in [0.5, 0.6) is 11.5 Å². The molecule has 0 N–H and O–H groups in total. The van der Waals surface area contributed by atoms with Crippen LogP contribution in [0.3, 0.4) is 0 Å². The van der Waals surface area contributed by atoms with E-state index in [4.69, 9.17) is 9.47 Å². The lowest BCUT2D eigenvalue weighted by atomic mass is 10.1. The van der Waals surface area contributed by atoms with Crippen LogP contribution in [0.25, 0.3) is 0 Å². The lowest BCUT2D eigenvalue weighted by Crippen LogP contribution is -2.23. The maximum atomic E-state index is 12.1. The summed E-state index contributed by atoms with van der Waals surface area (Å²) in [6, 6.07) is 3.42. The number of ketones is 1. The number of benzene rings is 1. The zero-order chi connectivity index (χ0) is 11.8. The molecule has 0 saturated carbocycles. The van der Waals surface area contributed by atoms with Gasteiger partial charge in [0.2, 0.25) is 0 Å². The number of carbonyl (C=O) groups excluding carboxylic acids is 1. The predicted molar refractivity (Wildman–Crippen MR) is 47.8 cm³/mol. The minimum Gasteiger partial charge on any atom is -0.486 e. The van der Waals surface area contributed by atoms with Gasteiger partial charge in [-0.05, 0) is 18.2 Å². The van der Waals surface area contributed by atoms with Crippen molar-refractivity contribution in [3.05, 3.63) is 23.8 Å². The van der Waals surface area contributed by atoms with Crippen LogP contribution in [0.15, 0.2) is 18.2 Å². The van der Waals surface area contributed by atoms with Crippen LogP contribution >= 0.6 is 0 Å². The first kappa shape index (κ1) is 10.8. The van der Waals surface area contributed by atoms with Crippen LogP contribution in [-0.2, 0) is 0 Å². The first-order valence-electron chi connectivity index (χ1n) is 4.49. The molecule has 0 atom stereocenters. The van der Waals surface area contributed by atoms with Crippen LogP contribution in [0, 0.1) is 0 Å². The van der Waals surface area contributed by atoms with Gasteiger partial charge in [0, 0.05) is 5.56 Å². The summed E-state index contributed by atoms with van der Waals surface area (Å²) in [5.41, 5.74) is -0.447. The zero-order valence-electron chi connectivity index (χ0n) is 8.00. The first-order valence-corrected chi connectivity index (χ1v) is 4.49. The molecule has 1 aromatic carbocycles. The largest absolute Gasteiger partial charge is 0.486 e. The Bertz CT molecular complexity index is 426. The molecular formula is C10H7F3O3. The third-order valence-corrected chi connectivity index (χ3v) is 2.06. The second-order valence-corrected chi connectivity index (χ2v) is 3.19. The van der Waals surface area contributed by atoms with Gasteiger partial charge in [0.25, 0.3) is 5.78 Å². The lowest BCUT2D eigenvalue weighted by molar-refractivity contribution is -0.0885. The van der Waals surface area contributed by atoms with Gasteiger partial charge in [-0.2, -0.15) is 13.2 Å². The molecular weight excluding hydrogens is 225 g/mol. The number of alkyl halides is 3. The predicted octanol–water partition coefficient (Wildman–Crippen LogP) is 2.20. The second kappa shape index (κ2) is 3.70. The Morgan fingerprint density at radius 2 is 1.75 bits per heavy atom. The molecule has 0 amide bonds. The average molecular weight is 232 g/mol. The number of ether oxygens (including phenoxy) is 2. The number of fused-ring (bicyclic) bond motifs is 1. The smallest absolute Gasteiger partial charge is 0.454 e. The van der Waals surface area contributed by atoms with Crippen molar-refractivity contribution in [2.45, 2.75) is 6.18 Å². The summed E-state index contributed by atoms with van der Waals surface area (Å²) < 4.78 is 46.6. The molecule has 6 heteroatoms. The van der Waals surface area contributed by atoms with Crippen LogP contribution in [0.4, 0.5) is 13.2 Å². The van der Waals surface area contributed by atoms with Crippen LogP contribution in [0.2, 0.25) is 0 Å². The minimum absolute atomic E-state index is 0.168. The lowest BCUT2D eigenvalue weighted by Gasteiger charge is -2.18. The van der Waals surface area contributed by atoms with Crippen molar-refractivity contribution in [3.8, 4) is 11.5 Å². The van der Waals surface area contributed by atoms with Crippen LogP contribution in [-0.4, -0.2) is 25.2 Å². The minimum atomic E-state index is -4.87. The maximum Gasteiger partial charge on any atom is 0.454 e. The van der Waals surface area contributed by atoms with Gasteiger partial charge in [-0.1, -0.05) is 0 Å². The van der Waals surface area contributed by atoms with Crippen LogP contribution < -0.4 is 9.47 Å². The average Bonchev–Trinajstić information content (AvgIpc) is 2.26. The highest BCUT2D eigenvalue weighted by Crippen LogP contribution is 2.32. The Morgan fingerprint density at radius 3 is 2.38 bits per heavy atom. The van der Waals surface area contributed by atoms with Gasteiger partial charge in [-0.25, -0.2) is 0 Å². The summed E-state index contributed by atoms with van der Waals surface area (Å²) in [7, 11) is 0. The summed E-state index contributed by atoms with van der Waals surface area (Å²) in [4.78, 5) is 10.9. The number of hydrogen-bond donors (Lipinski definition) is 0. The van der Waals surface area contributed by atoms with Gasteiger partial charge < -0.3 is 9.47 Å². The topological polar surface area (TPSA) is 35.5 Å². The van der Waals surface area contributed by atoms with E-state index in [0.29, 0.717) is 12.4 Å². The standard InChI is InChI=1S/C10H7F3O3/c11-10(12,13)9(14)6-1-2-7-8(5-6)16-4-3-15-7/h1-2,5H,3-4H2. The highest BCUT2D eigenvalue weighted by atomic mass is 19.4. The molecule has 0 fully saturated rings. The molecule has 0 radical (unpaired) electrons. The molecule has 0 saturated heterocycles. The van der Waals surface area contributed by atoms with E-state index >= 15 is 0 Å². The van der Waals surface area contributed by atoms with Crippen molar-refractivity contribution in [2.24, 2.45) is 0 Å². The molecule has 0 bridgehead atoms. The van der Waals surface area contributed by atoms with Crippen molar-refractivity contribution in [3.63, 3.8) is 0 Å². The SMILES string of the molecule is O=C(c1ccc2c(c1)OCCO2)C(F)(F)F. The van der Waals surface area contributed by atoms with Gasteiger partial charge in [0.05, 0.1) is 0 Å². The number of Topliss-reactive ketones (excluding diaryl/α,β-unsaturated/α-hetero) is 1. The summed E-state index contributed by atoms with van der Waals surface area (Å²) >= 11 is 0. The van der Waals surface area contributed by atoms with Gasteiger partial charge in [-0.3, -0.25) is 4.79 Å². The van der Waals surface area contributed by atoms with E-state index in [0.717, 1.165) is 12.1 Å². The molecule has 1 aromatic rings. The van der Waals surface area contributed by atoms with Crippen molar-refractivity contribution in [1.82, 2.24) is 0 Å². The number of carbonyl (C=O) groups is 1. The fourth-order valence-corrected chi connectivity index (χ4v) is 1.35. The van der Waals surface area contributed by atoms with E-state index in [-0.39, 0.29) is 12.4 Å². The summed E-state index contributed by atoms with van der Waals surface area (Å²) in [5.74, 6) is -1.37. The first-order chi connectivity index (χ1) is 7.48. The van der Waals surface area contributed by atoms with Crippen molar-refractivity contribution < 1.29 is 27.4 Å². The van der Waals surface area contributed by atoms with E-state index in [1.54, 1.807) is 0 Å². The fraction of sp³-hybridized carbons (Fsp3) is 0.300. The van der Waals surface area contributed by atoms with Crippen LogP contribution in [0.1, 0.15) is 10.4 Å². The molecule has 0 aliphatic carbocycles. The molecule has 1 aliphatic rings. The molecule has 86 valence electrons. The molecule has 0 spiro atoms. The van der Waals surface area contributed by atoms with E-state index in [1.165, 1.54) is 6.07 Å². The Kier molecular flexibility index (Phi) is 2.49. The van der Waals surface area contributed by atoms with Crippen molar-refractivity contribution >= 4 is 5.78 Å². The summed E-state index contributed by atoms with van der Waals surface area (Å²) in [6.45, 7) is 0.607. The molecule has 3 nitrogen and oxygen atoms in total. The highest BCUT2D eigenvalue weighted by Gasteiger charge is 2.39. The van der Waals surface area contributed by atoms with Gasteiger partial charge in [-0.15, -0.1) is 0 Å². The third-order valence-electron chi connectivity index (χ3n) is 2.06. The number of halogens is 3. The molecule has 0 aromatic heterocycles. The Hall–Kier alpha value is -1.72. The fourth-order valence-electron chi connectivity index (χ4n) is 1.35. The summed E-state index contributed by atoms with van der Waals surface area (Å²) in [5, 5.41) is 0. The van der Waals surface area contributed by atoms with E-state index < -0.39 is 17.5 Å². The Morgan fingerprint density at radius 1 is 1.12 bits per heavy atom. The van der Waals surface area contributed by atoms with E-state index in [2.05, 4.69) is 0 Å². The van der Waals surface area contributed by atoms with E-state index in [9.17, 15) is 18.0 Å². The molecule has 2 rings (SSSR count). The van der Waals surface area contributed by atoms with Gasteiger partial charge in [0.1, 0.15) is 13.2 Å². The Balaban J connectivity index is 2.34. The molecule has 0 unspecified atom stereocenters. The molecule has 1 heterocycles. The third kappa shape index (κ3) is 1.95. The van der Waals surface area contributed by atoms with Gasteiger partial charge in [0.15, 0.2) is 11.5 Å². The summed E-state index contributed by atoms with van der Waals surface area (Å²) in [6.07, 6.45) is -4.87. The molecule has 16 heavy (non-hydrogen) atoms. The number of rotatable bonds is 1.